The molecular weight excluding hydrogens is 249 g/mol. The molecule has 5 nitrogen and oxygen atoms in total. The van der Waals surface area contributed by atoms with Crippen LogP contribution in [0.1, 0.15) is 6.92 Å². The van der Waals surface area contributed by atoms with Crippen LogP contribution in [-0.4, -0.2) is 10.9 Å². The Bertz CT molecular complexity index is 617. The molecule has 0 aliphatic rings. The van der Waals surface area contributed by atoms with Crippen LogP contribution in [0.25, 0.3) is 0 Å². The average Bonchev–Trinajstić information content (AvgIpc) is 2.33. The minimum Gasteiger partial charge on any atom is -0.457 e. The van der Waals surface area contributed by atoms with E-state index in [9.17, 15) is 9.18 Å². The molecule has 0 aliphatic heterocycles. The summed E-state index contributed by atoms with van der Waals surface area (Å²) in [5.74, 6) is 0.326. The van der Waals surface area contributed by atoms with Gasteiger partial charge in [-0.2, -0.15) is 0 Å². The first kappa shape index (κ1) is 12.8. The summed E-state index contributed by atoms with van der Waals surface area (Å²) >= 11 is 0. The summed E-state index contributed by atoms with van der Waals surface area (Å²) in [5, 5.41) is 2.53. The topological polar surface area (TPSA) is 77.2 Å². The number of ether oxygens (including phenoxy) is 1. The fraction of sp³-hybridized carbons (Fsp3) is 0.0769. The second kappa shape index (κ2) is 5.34. The number of aromatic nitrogens is 1. The fourth-order valence-corrected chi connectivity index (χ4v) is 1.43. The molecule has 2 aromatic rings. The molecule has 0 fully saturated rings. The van der Waals surface area contributed by atoms with Gasteiger partial charge >= 0.3 is 0 Å². The Morgan fingerprint density at radius 3 is 2.74 bits per heavy atom. The molecule has 98 valence electrons. The minimum absolute atomic E-state index is 0.0565. The highest BCUT2D eigenvalue weighted by molar-refractivity contribution is 5.87. The highest BCUT2D eigenvalue weighted by Crippen LogP contribution is 2.25. The van der Waals surface area contributed by atoms with Crippen molar-refractivity contribution in [3.8, 4) is 11.5 Å². The highest BCUT2D eigenvalue weighted by Gasteiger charge is 2.04. The summed E-state index contributed by atoms with van der Waals surface area (Å²) < 4.78 is 18.7. The Hall–Kier alpha value is -2.63. The summed E-state index contributed by atoms with van der Waals surface area (Å²) in [6, 6.07) is 7.29. The van der Waals surface area contributed by atoms with Gasteiger partial charge in [0, 0.05) is 25.3 Å². The summed E-state index contributed by atoms with van der Waals surface area (Å²) in [4.78, 5) is 14.9. The number of nitrogens with one attached hydrogen (secondary N) is 1. The maximum absolute atomic E-state index is 13.3. The molecule has 0 atom stereocenters. The van der Waals surface area contributed by atoms with Crippen molar-refractivity contribution in [3.63, 3.8) is 0 Å². The van der Waals surface area contributed by atoms with Gasteiger partial charge in [0.25, 0.3) is 0 Å². The number of hydrogen-bond donors (Lipinski definition) is 2. The van der Waals surface area contributed by atoms with Crippen LogP contribution in [0.2, 0.25) is 0 Å². The SMILES string of the molecule is CC(=O)Nc1cc(Oc2ccc(N)c(F)c2)ccn1. The zero-order chi connectivity index (χ0) is 13.8. The van der Waals surface area contributed by atoms with Crippen LogP contribution >= 0.6 is 0 Å². The van der Waals surface area contributed by atoms with Crippen LogP contribution in [0, 0.1) is 5.82 Å². The van der Waals surface area contributed by atoms with E-state index in [-0.39, 0.29) is 11.6 Å². The van der Waals surface area contributed by atoms with E-state index in [1.54, 1.807) is 12.1 Å². The Balaban J connectivity index is 2.18. The Morgan fingerprint density at radius 2 is 2.05 bits per heavy atom. The zero-order valence-corrected chi connectivity index (χ0v) is 10.2. The summed E-state index contributed by atoms with van der Waals surface area (Å²) in [7, 11) is 0. The van der Waals surface area contributed by atoms with Crippen molar-refractivity contribution < 1.29 is 13.9 Å². The average molecular weight is 261 g/mol. The first-order valence-corrected chi connectivity index (χ1v) is 5.51. The number of hydrogen-bond acceptors (Lipinski definition) is 4. The Labute approximate surface area is 109 Å². The van der Waals surface area contributed by atoms with Crippen LogP contribution in [0.4, 0.5) is 15.9 Å². The maximum atomic E-state index is 13.3. The number of nitrogen functional groups attached to an aromatic ring is 1. The predicted octanol–water partition coefficient (Wildman–Crippen LogP) is 2.55. The van der Waals surface area contributed by atoms with E-state index in [1.165, 1.54) is 31.3 Å². The van der Waals surface area contributed by atoms with Gasteiger partial charge < -0.3 is 15.8 Å². The van der Waals surface area contributed by atoms with E-state index in [0.717, 1.165) is 0 Å². The lowest BCUT2D eigenvalue weighted by molar-refractivity contribution is -0.114. The maximum Gasteiger partial charge on any atom is 0.222 e. The van der Waals surface area contributed by atoms with E-state index in [4.69, 9.17) is 10.5 Å². The minimum atomic E-state index is -0.548. The van der Waals surface area contributed by atoms with Crippen molar-refractivity contribution in [3.05, 3.63) is 42.3 Å². The van der Waals surface area contributed by atoms with E-state index < -0.39 is 5.82 Å². The van der Waals surface area contributed by atoms with E-state index >= 15 is 0 Å². The van der Waals surface area contributed by atoms with Crippen molar-refractivity contribution >= 4 is 17.4 Å². The monoisotopic (exact) mass is 261 g/mol. The molecule has 0 bridgehead atoms. The van der Waals surface area contributed by atoms with Crippen molar-refractivity contribution in [1.29, 1.82) is 0 Å². The third kappa shape index (κ3) is 3.41. The predicted molar refractivity (Wildman–Crippen MR) is 69.4 cm³/mol. The molecule has 2 rings (SSSR count). The third-order valence-electron chi connectivity index (χ3n) is 2.24. The normalized spacial score (nSPS) is 10.0. The Kier molecular flexibility index (Phi) is 3.61. The lowest BCUT2D eigenvalue weighted by Gasteiger charge is -2.08. The molecule has 0 radical (unpaired) electrons. The highest BCUT2D eigenvalue weighted by atomic mass is 19.1. The van der Waals surface area contributed by atoms with Gasteiger partial charge in [-0.1, -0.05) is 0 Å². The number of pyridine rings is 1. The van der Waals surface area contributed by atoms with Gasteiger partial charge in [-0.05, 0) is 18.2 Å². The summed E-state index contributed by atoms with van der Waals surface area (Å²) in [5.41, 5.74) is 5.43. The summed E-state index contributed by atoms with van der Waals surface area (Å²) in [6.07, 6.45) is 1.48. The fourth-order valence-electron chi connectivity index (χ4n) is 1.43. The third-order valence-corrected chi connectivity index (χ3v) is 2.24. The van der Waals surface area contributed by atoms with Gasteiger partial charge in [-0.25, -0.2) is 9.37 Å². The lowest BCUT2D eigenvalue weighted by atomic mass is 10.3. The van der Waals surface area contributed by atoms with Gasteiger partial charge in [0.2, 0.25) is 5.91 Å². The first-order chi connectivity index (χ1) is 9.04. The number of anilines is 2. The second-order valence-corrected chi connectivity index (χ2v) is 3.84. The molecular formula is C13H12FN3O2. The van der Waals surface area contributed by atoms with Gasteiger partial charge in [0.1, 0.15) is 23.1 Å². The number of halogens is 1. The largest absolute Gasteiger partial charge is 0.457 e. The van der Waals surface area contributed by atoms with Crippen molar-refractivity contribution in [2.75, 3.05) is 11.1 Å². The molecule has 6 heteroatoms. The van der Waals surface area contributed by atoms with Crippen molar-refractivity contribution in [2.24, 2.45) is 0 Å². The molecule has 0 saturated heterocycles. The van der Waals surface area contributed by atoms with E-state index in [1.807, 2.05) is 0 Å². The number of carbonyl (C=O) groups is 1. The molecule has 0 aliphatic carbocycles. The van der Waals surface area contributed by atoms with Gasteiger partial charge in [-0.3, -0.25) is 4.79 Å². The molecule has 1 aromatic carbocycles. The molecule has 19 heavy (non-hydrogen) atoms. The quantitative estimate of drug-likeness (QED) is 0.832. The smallest absolute Gasteiger partial charge is 0.222 e. The van der Waals surface area contributed by atoms with Crippen LogP contribution in [-0.2, 0) is 4.79 Å². The number of rotatable bonds is 3. The zero-order valence-electron chi connectivity index (χ0n) is 10.2. The molecule has 1 aromatic heterocycles. The van der Waals surface area contributed by atoms with Gasteiger partial charge in [0.05, 0.1) is 5.69 Å². The first-order valence-electron chi connectivity index (χ1n) is 5.51. The second-order valence-electron chi connectivity index (χ2n) is 3.84. The molecule has 3 N–H and O–H groups in total. The molecule has 0 saturated carbocycles. The van der Waals surface area contributed by atoms with Gasteiger partial charge in [0.15, 0.2) is 0 Å². The molecule has 0 unspecified atom stereocenters. The summed E-state index contributed by atoms with van der Waals surface area (Å²) in [6.45, 7) is 1.38. The van der Waals surface area contributed by atoms with Crippen LogP contribution in [0.15, 0.2) is 36.5 Å². The van der Waals surface area contributed by atoms with E-state index in [0.29, 0.717) is 17.3 Å². The van der Waals surface area contributed by atoms with E-state index in [2.05, 4.69) is 10.3 Å². The molecule has 0 spiro atoms. The number of nitrogens with zero attached hydrogens (tertiary/aromatic N) is 1. The molecule has 1 amide bonds. The standard InChI is InChI=1S/C13H12FN3O2/c1-8(18)17-13-7-10(4-5-16-13)19-9-2-3-12(15)11(14)6-9/h2-7H,15H2,1H3,(H,16,17,18). The molecule has 1 heterocycles. The van der Waals surface area contributed by atoms with Crippen LogP contribution in [0.3, 0.4) is 0 Å². The van der Waals surface area contributed by atoms with Gasteiger partial charge in [-0.15, -0.1) is 0 Å². The van der Waals surface area contributed by atoms with Crippen LogP contribution < -0.4 is 15.8 Å². The van der Waals surface area contributed by atoms with Crippen molar-refractivity contribution in [2.45, 2.75) is 6.92 Å². The number of carbonyl (C=O) groups excluding carboxylic acids is 1. The van der Waals surface area contributed by atoms with Crippen LogP contribution in [0.5, 0.6) is 11.5 Å². The van der Waals surface area contributed by atoms with Crippen molar-refractivity contribution in [1.82, 2.24) is 4.98 Å². The lowest BCUT2D eigenvalue weighted by Crippen LogP contribution is -2.07. The number of amides is 1. The Morgan fingerprint density at radius 1 is 1.32 bits per heavy atom. The number of benzene rings is 1. The number of nitrogens with two attached hydrogens (primary N) is 1.